The molecule has 4 nitrogen and oxygen atoms in total. The zero-order valence-electron chi connectivity index (χ0n) is 9.55. The molecule has 0 N–H and O–H groups in total. The van der Waals surface area contributed by atoms with Crippen molar-refractivity contribution in [2.75, 3.05) is 7.05 Å². The normalized spacial score (nSPS) is 10.9. The summed E-state index contributed by atoms with van der Waals surface area (Å²) in [5, 5.41) is 3.86. The number of rotatable bonds is 4. The summed E-state index contributed by atoms with van der Waals surface area (Å²) in [5.41, 5.74) is 1.97. The maximum atomic E-state index is 5.16. The maximum absolute atomic E-state index is 5.16. The summed E-state index contributed by atoms with van der Waals surface area (Å²) in [6.07, 6.45) is 1.81. The van der Waals surface area contributed by atoms with Crippen LogP contribution in [0.3, 0.4) is 0 Å². The average Bonchev–Trinajstić information content (AvgIpc) is 2.65. The molecule has 0 unspecified atom stereocenters. The van der Waals surface area contributed by atoms with E-state index in [1.54, 1.807) is 0 Å². The van der Waals surface area contributed by atoms with Crippen molar-refractivity contribution in [3.05, 3.63) is 47.6 Å². The first-order valence-electron chi connectivity index (χ1n) is 5.24. The summed E-state index contributed by atoms with van der Waals surface area (Å²) in [5.74, 6) is 0.885. The van der Waals surface area contributed by atoms with Gasteiger partial charge in [-0.1, -0.05) is 11.2 Å². The van der Waals surface area contributed by atoms with Crippen LogP contribution in [0, 0.1) is 6.92 Å². The van der Waals surface area contributed by atoms with Crippen LogP contribution in [0.4, 0.5) is 0 Å². The molecule has 0 saturated carbocycles. The highest BCUT2D eigenvalue weighted by Crippen LogP contribution is 2.07. The van der Waals surface area contributed by atoms with Gasteiger partial charge < -0.3 is 4.52 Å². The molecule has 0 saturated heterocycles. The van der Waals surface area contributed by atoms with Gasteiger partial charge in [0.25, 0.3) is 0 Å². The van der Waals surface area contributed by atoms with Gasteiger partial charge >= 0.3 is 0 Å². The van der Waals surface area contributed by atoms with Crippen LogP contribution in [0.2, 0.25) is 0 Å². The molecule has 0 spiro atoms. The molecular formula is C12H15N3O. The number of aromatic nitrogens is 2. The highest BCUT2D eigenvalue weighted by Gasteiger charge is 2.06. The third-order valence-corrected chi connectivity index (χ3v) is 2.26. The minimum absolute atomic E-state index is 0.747. The first-order chi connectivity index (χ1) is 7.74. The van der Waals surface area contributed by atoms with Crippen molar-refractivity contribution in [3.63, 3.8) is 0 Å². The second-order valence-corrected chi connectivity index (χ2v) is 3.93. The van der Waals surface area contributed by atoms with Gasteiger partial charge in [0, 0.05) is 18.8 Å². The molecule has 16 heavy (non-hydrogen) atoms. The molecule has 0 aliphatic heterocycles. The minimum atomic E-state index is 0.747. The van der Waals surface area contributed by atoms with Crippen molar-refractivity contribution in [3.8, 4) is 0 Å². The lowest BCUT2D eigenvalue weighted by atomic mass is 10.3. The van der Waals surface area contributed by atoms with Gasteiger partial charge in [0.15, 0.2) is 5.76 Å². The van der Waals surface area contributed by atoms with Crippen molar-refractivity contribution < 1.29 is 4.52 Å². The minimum Gasteiger partial charge on any atom is -0.360 e. The van der Waals surface area contributed by atoms with Gasteiger partial charge in [0.05, 0.1) is 17.9 Å². The van der Waals surface area contributed by atoms with E-state index in [9.17, 15) is 0 Å². The Morgan fingerprint density at radius 1 is 1.31 bits per heavy atom. The van der Waals surface area contributed by atoms with Crippen molar-refractivity contribution in [2.45, 2.75) is 20.0 Å². The van der Waals surface area contributed by atoms with E-state index in [0.717, 1.165) is 30.2 Å². The van der Waals surface area contributed by atoms with E-state index in [1.807, 2.05) is 44.4 Å². The maximum Gasteiger partial charge on any atom is 0.150 e. The van der Waals surface area contributed by atoms with Crippen LogP contribution < -0.4 is 0 Å². The Morgan fingerprint density at radius 2 is 2.19 bits per heavy atom. The van der Waals surface area contributed by atoms with Gasteiger partial charge in [-0.05, 0) is 26.1 Å². The van der Waals surface area contributed by atoms with Crippen LogP contribution >= 0.6 is 0 Å². The predicted molar refractivity (Wildman–Crippen MR) is 60.6 cm³/mol. The highest BCUT2D eigenvalue weighted by atomic mass is 16.5. The number of nitrogens with zero attached hydrogens (tertiary/aromatic N) is 3. The molecule has 0 aromatic carbocycles. The number of aryl methyl sites for hydroxylation is 1. The Kier molecular flexibility index (Phi) is 3.31. The molecule has 2 aromatic rings. The zero-order valence-corrected chi connectivity index (χ0v) is 9.55. The summed E-state index contributed by atoms with van der Waals surface area (Å²) >= 11 is 0. The lowest BCUT2D eigenvalue weighted by Crippen LogP contribution is -2.17. The Balaban J connectivity index is 1.92. The number of pyridine rings is 1. The molecule has 0 aliphatic rings. The van der Waals surface area contributed by atoms with E-state index < -0.39 is 0 Å². The van der Waals surface area contributed by atoms with Crippen molar-refractivity contribution in [1.82, 2.24) is 15.0 Å². The van der Waals surface area contributed by atoms with Crippen LogP contribution in [0.5, 0.6) is 0 Å². The number of hydrogen-bond acceptors (Lipinski definition) is 4. The molecule has 84 valence electrons. The van der Waals surface area contributed by atoms with E-state index in [4.69, 9.17) is 4.52 Å². The van der Waals surface area contributed by atoms with Gasteiger partial charge in [-0.3, -0.25) is 9.88 Å². The first kappa shape index (κ1) is 10.8. The molecule has 0 amide bonds. The molecule has 2 aromatic heterocycles. The fourth-order valence-electron chi connectivity index (χ4n) is 1.58. The van der Waals surface area contributed by atoms with Crippen LogP contribution in [-0.4, -0.2) is 22.1 Å². The molecule has 0 bridgehead atoms. The van der Waals surface area contributed by atoms with Gasteiger partial charge in [-0.2, -0.15) is 0 Å². The van der Waals surface area contributed by atoms with E-state index in [2.05, 4.69) is 15.0 Å². The van der Waals surface area contributed by atoms with Crippen LogP contribution in [0.1, 0.15) is 17.1 Å². The summed E-state index contributed by atoms with van der Waals surface area (Å²) in [6.45, 7) is 3.48. The van der Waals surface area contributed by atoms with Gasteiger partial charge in [0.1, 0.15) is 0 Å². The third kappa shape index (κ3) is 2.90. The molecule has 2 heterocycles. The smallest absolute Gasteiger partial charge is 0.150 e. The summed E-state index contributed by atoms with van der Waals surface area (Å²) in [4.78, 5) is 6.42. The monoisotopic (exact) mass is 217 g/mol. The molecule has 0 fully saturated rings. The lowest BCUT2D eigenvalue weighted by Gasteiger charge is -2.13. The van der Waals surface area contributed by atoms with E-state index in [0.29, 0.717) is 0 Å². The molecule has 0 aliphatic carbocycles. The van der Waals surface area contributed by atoms with E-state index >= 15 is 0 Å². The second-order valence-electron chi connectivity index (χ2n) is 3.93. The second kappa shape index (κ2) is 4.90. The Labute approximate surface area is 94.9 Å². The summed E-state index contributed by atoms with van der Waals surface area (Å²) < 4.78 is 5.16. The third-order valence-electron chi connectivity index (χ3n) is 2.26. The molecule has 0 radical (unpaired) electrons. The Bertz CT molecular complexity index is 439. The average molecular weight is 217 g/mol. The first-order valence-corrected chi connectivity index (χ1v) is 5.24. The van der Waals surface area contributed by atoms with Crippen LogP contribution in [0.15, 0.2) is 35.0 Å². The highest BCUT2D eigenvalue weighted by molar-refractivity contribution is 5.05. The van der Waals surface area contributed by atoms with Gasteiger partial charge in [-0.15, -0.1) is 0 Å². The molecule has 0 atom stereocenters. The summed E-state index contributed by atoms with van der Waals surface area (Å²) in [6, 6.07) is 7.88. The van der Waals surface area contributed by atoms with E-state index in [1.165, 1.54) is 0 Å². The Morgan fingerprint density at radius 3 is 2.81 bits per heavy atom. The standard InChI is InChI=1S/C12H15N3O/c1-10-7-12(16-14-10)9-15(2)8-11-5-3-4-6-13-11/h3-7H,8-9H2,1-2H3. The van der Waals surface area contributed by atoms with Crippen molar-refractivity contribution >= 4 is 0 Å². The van der Waals surface area contributed by atoms with Crippen molar-refractivity contribution in [2.24, 2.45) is 0 Å². The van der Waals surface area contributed by atoms with Gasteiger partial charge in [0.2, 0.25) is 0 Å². The van der Waals surface area contributed by atoms with Gasteiger partial charge in [-0.25, -0.2) is 0 Å². The quantitative estimate of drug-likeness (QED) is 0.785. The molecule has 4 heteroatoms. The fraction of sp³-hybridized carbons (Fsp3) is 0.333. The summed E-state index contributed by atoms with van der Waals surface area (Å²) in [7, 11) is 2.03. The Hall–Kier alpha value is -1.68. The topological polar surface area (TPSA) is 42.2 Å². The SMILES string of the molecule is Cc1cc(CN(C)Cc2ccccn2)on1. The van der Waals surface area contributed by atoms with Crippen LogP contribution in [-0.2, 0) is 13.1 Å². The molecule has 2 rings (SSSR count). The van der Waals surface area contributed by atoms with E-state index in [-0.39, 0.29) is 0 Å². The fourth-order valence-corrected chi connectivity index (χ4v) is 1.58. The largest absolute Gasteiger partial charge is 0.360 e. The zero-order chi connectivity index (χ0) is 11.4. The molecular weight excluding hydrogens is 202 g/mol. The van der Waals surface area contributed by atoms with Crippen molar-refractivity contribution in [1.29, 1.82) is 0 Å². The number of hydrogen-bond donors (Lipinski definition) is 0. The lowest BCUT2D eigenvalue weighted by molar-refractivity contribution is 0.264. The predicted octanol–water partition coefficient (Wildman–Crippen LogP) is 2.01. The van der Waals surface area contributed by atoms with Crippen LogP contribution in [0.25, 0.3) is 0 Å².